The molecule has 1 aromatic heterocycles. The third-order valence-electron chi connectivity index (χ3n) is 4.36. The van der Waals surface area contributed by atoms with Crippen molar-refractivity contribution in [2.45, 2.75) is 38.8 Å². The van der Waals surface area contributed by atoms with Crippen molar-refractivity contribution in [1.82, 2.24) is 14.9 Å². The van der Waals surface area contributed by atoms with Crippen molar-refractivity contribution >= 4 is 11.6 Å². The lowest BCUT2D eigenvalue weighted by atomic mass is 10.2. The van der Waals surface area contributed by atoms with Crippen molar-refractivity contribution in [2.75, 3.05) is 43.4 Å². The molecule has 2 aliphatic rings. The standard InChI is InChI=1S/C15H25N5O/c1-2-21-11-14-17-13(16)9-15(18-14)20-8-5-12(10-20)19-6-3-4-7-19/h9,12H,2-8,10-11H2,1H3,(H2,16,17,18). The Morgan fingerprint density at radius 3 is 2.86 bits per heavy atom. The van der Waals surface area contributed by atoms with Crippen LogP contribution in [0.5, 0.6) is 0 Å². The van der Waals surface area contributed by atoms with Gasteiger partial charge in [0.2, 0.25) is 0 Å². The highest BCUT2D eigenvalue weighted by Gasteiger charge is 2.30. The van der Waals surface area contributed by atoms with Gasteiger partial charge in [0.15, 0.2) is 5.82 Å². The minimum Gasteiger partial charge on any atom is -0.384 e. The number of aromatic nitrogens is 2. The molecular weight excluding hydrogens is 266 g/mol. The molecule has 0 aliphatic carbocycles. The molecule has 116 valence electrons. The number of anilines is 2. The Balaban J connectivity index is 1.67. The summed E-state index contributed by atoms with van der Waals surface area (Å²) in [5.41, 5.74) is 5.91. The van der Waals surface area contributed by atoms with Crippen LogP contribution in [0.4, 0.5) is 11.6 Å². The van der Waals surface area contributed by atoms with Crippen molar-refractivity contribution < 1.29 is 4.74 Å². The lowest BCUT2D eigenvalue weighted by molar-refractivity contribution is 0.128. The van der Waals surface area contributed by atoms with Crippen LogP contribution in [0.1, 0.15) is 32.0 Å². The van der Waals surface area contributed by atoms with E-state index in [1.165, 1.54) is 32.4 Å². The van der Waals surface area contributed by atoms with Crippen molar-refractivity contribution in [2.24, 2.45) is 0 Å². The van der Waals surface area contributed by atoms with E-state index in [1.54, 1.807) is 0 Å². The van der Waals surface area contributed by atoms with E-state index in [4.69, 9.17) is 10.5 Å². The van der Waals surface area contributed by atoms with E-state index in [9.17, 15) is 0 Å². The monoisotopic (exact) mass is 291 g/mol. The molecule has 2 fully saturated rings. The first kappa shape index (κ1) is 14.5. The molecule has 3 rings (SSSR count). The minimum absolute atomic E-state index is 0.429. The van der Waals surface area contributed by atoms with Gasteiger partial charge in [-0.1, -0.05) is 0 Å². The van der Waals surface area contributed by atoms with E-state index < -0.39 is 0 Å². The zero-order chi connectivity index (χ0) is 14.7. The normalized spacial score (nSPS) is 23.1. The molecule has 0 amide bonds. The maximum atomic E-state index is 5.91. The zero-order valence-electron chi connectivity index (χ0n) is 12.8. The zero-order valence-corrected chi connectivity index (χ0v) is 12.8. The Labute approximate surface area is 126 Å². The third kappa shape index (κ3) is 3.44. The number of likely N-dealkylation sites (tertiary alicyclic amines) is 1. The number of hydrogen-bond donors (Lipinski definition) is 1. The van der Waals surface area contributed by atoms with Crippen LogP contribution < -0.4 is 10.6 Å². The highest BCUT2D eigenvalue weighted by atomic mass is 16.5. The SMILES string of the molecule is CCOCc1nc(N)cc(N2CCC(N3CCCC3)C2)n1. The molecule has 2 aliphatic heterocycles. The number of ether oxygens (including phenoxy) is 1. The number of rotatable bonds is 5. The van der Waals surface area contributed by atoms with Crippen LogP contribution >= 0.6 is 0 Å². The molecular formula is C15H25N5O. The fourth-order valence-corrected chi connectivity index (χ4v) is 3.28. The fraction of sp³-hybridized carbons (Fsp3) is 0.733. The summed E-state index contributed by atoms with van der Waals surface area (Å²) in [6.07, 6.45) is 3.90. The van der Waals surface area contributed by atoms with Crippen LogP contribution in [0.25, 0.3) is 0 Å². The molecule has 3 heterocycles. The van der Waals surface area contributed by atoms with Crippen LogP contribution in [-0.2, 0) is 11.3 Å². The second-order valence-electron chi connectivity index (χ2n) is 5.84. The van der Waals surface area contributed by atoms with Crippen molar-refractivity contribution in [3.8, 4) is 0 Å². The Hall–Kier alpha value is -1.40. The molecule has 0 radical (unpaired) electrons. The van der Waals surface area contributed by atoms with E-state index in [0.717, 1.165) is 18.9 Å². The average molecular weight is 291 g/mol. The van der Waals surface area contributed by atoms with Crippen molar-refractivity contribution in [1.29, 1.82) is 0 Å². The summed E-state index contributed by atoms with van der Waals surface area (Å²) in [5.74, 6) is 2.15. The highest BCUT2D eigenvalue weighted by molar-refractivity contribution is 5.48. The molecule has 6 heteroatoms. The Morgan fingerprint density at radius 2 is 2.10 bits per heavy atom. The summed E-state index contributed by atoms with van der Waals surface area (Å²) < 4.78 is 5.39. The topological polar surface area (TPSA) is 67.5 Å². The largest absolute Gasteiger partial charge is 0.384 e. The van der Waals surface area contributed by atoms with Crippen LogP contribution in [0, 0.1) is 0 Å². The first-order valence-electron chi connectivity index (χ1n) is 7.96. The highest BCUT2D eigenvalue weighted by Crippen LogP contribution is 2.25. The molecule has 0 spiro atoms. The van der Waals surface area contributed by atoms with Crippen LogP contribution in [0.2, 0.25) is 0 Å². The van der Waals surface area contributed by atoms with Gasteiger partial charge in [-0.25, -0.2) is 9.97 Å². The summed E-state index contributed by atoms with van der Waals surface area (Å²) in [7, 11) is 0. The second kappa shape index (κ2) is 6.58. The van der Waals surface area contributed by atoms with Gasteiger partial charge in [-0.2, -0.15) is 0 Å². The molecule has 2 N–H and O–H groups in total. The van der Waals surface area contributed by atoms with Gasteiger partial charge in [-0.15, -0.1) is 0 Å². The van der Waals surface area contributed by atoms with E-state index in [1.807, 2.05) is 13.0 Å². The number of nitrogens with zero attached hydrogens (tertiary/aromatic N) is 4. The Bertz CT molecular complexity index is 475. The van der Waals surface area contributed by atoms with Crippen LogP contribution in [0.15, 0.2) is 6.07 Å². The lowest BCUT2D eigenvalue weighted by Crippen LogP contribution is -2.35. The van der Waals surface area contributed by atoms with Crippen molar-refractivity contribution in [3.63, 3.8) is 0 Å². The molecule has 6 nitrogen and oxygen atoms in total. The lowest BCUT2D eigenvalue weighted by Gasteiger charge is -2.24. The van der Waals surface area contributed by atoms with Gasteiger partial charge in [0.05, 0.1) is 0 Å². The van der Waals surface area contributed by atoms with Gasteiger partial charge in [0, 0.05) is 31.8 Å². The molecule has 1 unspecified atom stereocenters. The Morgan fingerprint density at radius 1 is 1.29 bits per heavy atom. The van der Waals surface area contributed by atoms with Crippen LogP contribution in [-0.4, -0.2) is 53.7 Å². The van der Waals surface area contributed by atoms with Gasteiger partial charge in [-0.05, 0) is 39.3 Å². The molecule has 0 aromatic carbocycles. The van der Waals surface area contributed by atoms with Crippen LogP contribution in [0.3, 0.4) is 0 Å². The summed E-state index contributed by atoms with van der Waals surface area (Å²) in [6.45, 7) is 7.65. The third-order valence-corrected chi connectivity index (χ3v) is 4.36. The molecule has 0 saturated carbocycles. The number of nitrogens with two attached hydrogens (primary N) is 1. The molecule has 1 aromatic rings. The number of hydrogen-bond acceptors (Lipinski definition) is 6. The Kier molecular flexibility index (Phi) is 4.55. The summed E-state index contributed by atoms with van der Waals surface area (Å²) >= 11 is 0. The molecule has 21 heavy (non-hydrogen) atoms. The molecule has 0 bridgehead atoms. The molecule has 1 atom stereocenters. The molecule has 2 saturated heterocycles. The predicted octanol–water partition coefficient (Wildman–Crippen LogP) is 1.27. The maximum absolute atomic E-state index is 5.91. The van der Waals surface area contributed by atoms with E-state index in [0.29, 0.717) is 30.9 Å². The maximum Gasteiger partial charge on any atom is 0.158 e. The fourth-order valence-electron chi connectivity index (χ4n) is 3.28. The van der Waals surface area contributed by atoms with Gasteiger partial charge in [0.1, 0.15) is 18.2 Å². The smallest absolute Gasteiger partial charge is 0.158 e. The van der Waals surface area contributed by atoms with E-state index >= 15 is 0 Å². The van der Waals surface area contributed by atoms with E-state index in [-0.39, 0.29) is 0 Å². The summed E-state index contributed by atoms with van der Waals surface area (Å²) in [5, 5.41) is 0. The van der Waals surface area contributed by atoms with Gasteiger partial charge >= 0.3 is 0 Å². The first-order chi connectivity index (χ1) is 10.3. The minimum atomic E-state index is 0.429. The van der Waals surface area contributed by atoms with E-state index in [2.05, 4.69) is 19.8 Å². The number of nitrogen functional groups attached to an aromatic ring is 1. The average Bonchev–Trinajstić information content (AvgIpc) is 3.14. The second-order valence-corrected chi connectivity index (χ2v) is 5.84. The summed E-state index contributed by atoms with van der Waals surface area (Å²) in [4.78, 5) is 13.8. The summed E-state index contributed by atoms with van der Waals surface area (Å²) in [6, 6.07) is 2.54. The van der Waals surface area contributed by atoms with Gasteiger partial charge in [-0.3, -0.25) is 4.90 Å². The van der Waals surface area contributed by atoms with Gasteiger partial charge < -0.3 is 15.4 Å². The quantitative estimate of drug-likeness (QED) is 0.881. The van der Waals surface area contributed by atoms with Crippen molar-refractivity contribution in [3.05, 3.63) is 11.9 Å². The predicted molar refractivity (Wildman–Crippen MR) is 83.2 cm³/mol. The first-order valence-corrected chi connectivity index (χ1v) is 7.96. The van der Waals surface area contributed by atoms with Gasteiger partial charge in [0.25, 0.3) is 0 Å².